The predicted molar refractivity (Wildman–Crippen MR) is 136 cm³/mol. The van der Waals surface area contributed by atoms with Gasteiger partial charge in [-0.15, -0.1) is 0 Å². The average molecular weight is 477 g/mol. The first-order valence-corrected chi connectivity index (χ1v) is 12.6. The van der Waals surface area contributed by atoms with E-state index in [9.17, 15) is 9.18 Å². The zero-order valence-corrected chi connectivity index (χ0v) is 20.0. The number of carboxylic acids is 1. The first kappa shape index (κ1) is 23.7. The number of nitrogens with zero attached hydrogens (tertiary/aromatic N) is 3. The van der Waals surface area contributed by atoms with E-state index < -0.39 is 5.97 Å². The van der Waals surface area contributed by atoms with Crippen molar-refractivity contribution in [1.82, 2.24) is 20.0 Å². The van der Waals surface area contributed by atoms with Gasteiger partial charge in [0.2, 0.25) is 0 Å². The maximum atomic E-state index is 13.5. The summed E-state index contributed by atoms with van der Waals surface area (Å²) in [5.41, 5.74) is 4.35. The number of aliphatic carboxylic acids is 1. The smallest absolute Gasteiger partial charge is 0.317 e. The normalized spacial score (nSPS) is 18.5. The molecule has 0 atom stereocenters. The second-order valence-electron chi connectivity index (χ2n) is 9.84. The molecule has 0 radical (unpaired) electrons. The van der Waals surface area contributed by atoms with E-state index in [4.69, 9.17) is 10.2 Å². The van der Waals surface area contributed by atoms with Crippen LogP contribution in [0.1, 0.15) is 48.4 Å². The van der Waals surface area contributed by atoms with Gasteiger partial charge >= 0.3 is 5.97 Å². The number of fused-ring (bicyclic) bond motifs is 1. The number of allylic oxidation sites excluding steroid dienone is 1. The number of hydrogen-bond acceptors (Lipinski definition) is 4. The lowest BCUT2D eigenvalue weighted by Gasteiger charge is -2.30. The maximum Gasteiger partial charge on any atom is 0.317 e. The van der Waals surface area contributed by atoms with Crippen LogP contribution >= 0.6 is 0 Å². The Morgan fingerprint density at radius 1 is 1.09 bits per heavy atom. The Morgan fingerprint density at radius 3 is 2.54 bits per heavy atom. The topological polar surface area (TPSA) is 70.4 Å². The summed E-state index contributed by atoms with van der Waals surface area (Å²) < 4.78 is 15.5. The Bertz CT molecular complexity index is 1190. The van der Waals surface area contributed by atoms with E-state index >= 15 is 0 Å². The third-order valence-electron chi connectivity index (χ3n) is 7.33. The molecule has 0 unspecified atom stereocenters. The van der Waals surface area contributed by atoms with Crippen LogP contribution in [0.25, 0.3) is 17.0 Å². The van der Waals surface area contributed by atoms with Crippen molar-refractivity contribution < 1.29 is 14.3 Å². The zero-order valence-electron chi connectivity index (χ0n) is 20.0. The van der Waals surface area contributed by atoms with Gasteiger partial charge in [0.05, 0.1) is 24.3 Å². The van der Waals surface area contributed by atoms with Gasteiger partial charge in [0.1, 0.15) is 5.82 Å². The molecule has 7 heteroatoms. The van der Waals surface area contributed by atoms with Crippen molar-refractivity contribution in [2.75, 3.05) is 32.7 Å². The summed E-state index contributed by atoms with van der Waals surface area (Å²) in [6, 6.07) is 13.2. The van der Waals surface area contributed by atoms with E-state index in [1.165, 1.54) is 30.5 Å². The van der Waals surface area contributed by atoms with Gasteiger partial charge in [-0.3, -0.25) is 14.4 Å². The van der Waals surface area contributed by atoms with Crippen molar-refractivity contribution in [1.29, 1.82) is 0 Å². The fourth-order valence-electron chi connectivity index (χ4n) is 5.34. The van der Waals surface area contributed by atoms with Gasteiger partial charge in [0, 0.05) is 11.3 Å². The van der Waals surface area contributed by atoms with Crippen LogP contribution in [0.15, 0.2) is 48.5 Å². The van der Waals surface area contributed by atoms with Crippen molar-refractivity contribution >= 4 is 22.9 Å². The molecule has 0 saturated carbocycles. The summed E-state index contributed by atoms with van der Waals surface area (Å²) >= 11 is 0. The number of nitrogens with one attached hydrogen (secondary N) is 1. The van der Waals surface area contributed by atoms with Crippen LogP contribution in [0.4, 0.5) is 4.39 Å². The number of hydrogen-bond donors (Lipinski definition) is 2. The van der Waals surface area contributed by atoms with E-state index in [0.717, 1.165) is 61.2 Å². The number of benzene rings is 2. The third-order valence-corrected chi connectivity index (χ3v) is 7.33. The molecule has 0 aliphatic carbocycles. The molecule has 35 heavy (non-hydrogen) atoms. The first-order chi connectivity index (χ1) is 17.0. The molecule has 6 nitrogen and oxygen atoms in total. The lowest BCUT2D eigenvalue weighted by molar-refractivity contribution is -0.138. The van der Waals surface area contributed by atoms with Crippen LogP contribution in [-0.4, -0.2) is 58.5 Å². The van der Waals surface area contributed by atoms with E-state index in [-0.39, 0.29) is 12.4 Å². The van der Waals surface area contributed by atoms with Crippen molar-refractivity contribution in [3.63, 3.8) is 0 Å². The highest BCUT2D eigenvalue weighted by Crippen LogP contribution is 2.33. The summed E-state index contributed by atoms with van der Waals surface area (Å²) in [6.45, 7) is 4.36. The second-order valence-corrected chi connectivity index (χ2v) is 9.84. The number of aromatic nitrogens is 2. The molecule has 184 valence electrons. The van der Waals surface area contributed by atoms with Crippen molar-refractivity contribution in [2.24, 2.45) is 5.92 Å². The van der Waals surface area contributed by atoms with E-state index in [2.05, 4.69) is 35.7 Å². The Labute approximate surface area is 205 Å². The summed E-state index contributed by atoms with van der Waals surface area (Å²) in [5, 5.41) is 18.7. The van der Waals surface area contributed by atoms with Gasteiger partial charge in [0.25, 0.3) is 0 Å². The highest BCUT2D eigenvalue weighted by molar-refractivity contribution is 5.85. The lowest BCUT2D eigenvalue weighted by atomic mass is 9.91. The van der Waals surface area contributed by atoms with Crippen molar-refractivity contribution in [2.45, 2.75) is 38.1 Å². The third kappa shape index (κ3) is 5.80. The molecule has 0 amide bonds. The Balaban J connectivity index is 1.43. The van der Waals surface area contributed by atoms with Gasteiger partial charge in [-0.2, -0.15) is 5.10 Å². The van der Waals surface area contributed by atoms with Crippen LogP contribution in [0.2, 0.25) is 0 Å². The van der Waals surface area contributed by atoms with Crippen molar-refractivity contribution in [3.8, 4) is 0 Å². The fraction of sp³-hybridized carbons (Fsp3) is 0.429. The van der Waals surface area contributed by atoms with E-state index in [0.29, 0.717) is 18.4 Å². The van der Waals surface area contributed by atoms with Gasteiger partial charge in [-0.1, -0.05) is 36.4 Å². The second kappa shape index (κ2) is 10.7. The summed E-state index contributed by atoms with van der Waals surface area (Å²) in [4.78, 5) is 13.1. The van der Waals surface area contributed by atoms with Crippen LogP contribution < -0.4 is 5.32 Å². The van der Waals surface area contributed by atoms with E-state index in [1.807, 2.05) is 21.7 Å². The highest BCUT2D eigenvalue weighted by Gasteiger charge is 2.26. The molecule has 2 aliphatic rings. The maximum absolute atomic E-state index is 13.5. The van der Waals surface area contributed by atoms with Crippen LogP contribution in [0.5, 0.6) is 0 Å². The highest BCUT2D eigenvalue weighted by atomic mass is 19.1. The molecule has 2 aromatic carbocycles. The quantitative estimate of drug-likeness (QED) is 0.526. The SMILES string of the molecule is O=C(O)CN1CCC(c2nn(Cc3ccc(F)cc3)c3cc(/C=C/C4CCNCC4)ccc23)CC1. The van der Waals surface area contributed by atoms with E-state index in [1.54, 1.807) is 0 Å². The number of carbonyl (C=O) groups is 1. The molecular weight excluding hydrogens is 443 g/mol. The van der Waals surface area contributed by atoms with Crippen LogP contribution in [0, 0.1) is 11.7 Å². The van der Waals surface area contributed by atoms with Gasteiger partial charge < -0.3 is 10.4 Å². The minimum Gasteiger partial charge on any atom is -0.480 e. The Morgan fingerprint density at radius 2 is 1.83 bits per heavy atom. The summed E-state index contributed by atoms with van der Waals surface area (Å²) in [7, 11) is 0. The van der Waals surface area contributed by atoms with Crippen molar-refractivity contribution in [3.05, 3.63) is 71.2 Å². The minimum atomic E-state index is -0.775. The molecule has 5 rings (SSSR count). The minimum absolute atomic E-state index is 0.0965. The first-order valence-electron chi connectivity index (χ1n) is 12.6. The molecular formula is C28H33FN4O2. The summed E-state index contributed by atoms with van der Waals surface area (Å²) in [6.07, 6.45) is 8.70. The van der Waals surface area contributed by atoms with Gasteiger partial charge in [-0.25, -0.2) is 4.39 Å². The lowest BCUT2D eigenvalue weighted by Crippen LogP contribution is -2.36. The largest absolute Gasteiger partial charge is 0.480 e. The molecule has 3 heterocycles. The summed E-state index contributed by atoms with van der Waals surface area (Å²) in [5.74, 6) is -0.100. The van der Waals surface area contributed by atoms with Gasteiger partial charge in [-0.05, 0) is 87.1 Å². The molecule has 3 aromatic rings. The van der Waals surface area contributed by atoms with Gasteiger partial charge in [0.15, 0.2) is 0 Å². The van der Waals surface area contributed by atoms with Crippen LogP contribution in [-0.2, 0) is 11.3 Å². The molecule has 0 spiro atoms. The average Bonchev–Trinajstić information content (AvgIpc) is 3.22. The number of rotatable bonds is 7. The zero-order chi connectivity index (χ0) is 24.2. The molecule has 2 N–H and O–H groups in total. The molecule has 2 saturated heterocycles. The molecule has 1 aromatic heterocycles. The number of likely N-dealkylation sites (tertiary alicyclic amines) is 1. The Hall–Kier alpha value is -3.03. The molecule has 0 bridgehead atoms. The van der Waals surface area contributed by atoms with Crippen LogP contribution in [0.3, 0.4) is 0 Å². The molecule has 2 aliphatic heterocycles. The number of halogens is 1. The monoisotopic (exact) mass is 476 g/mol. The Kier molecular flexibility index (Phi) is 7.25. The predicted octanol–water partition coefficient (Wildman–Crippen LogP) is 4.50. The fourth-order valence-corrected chi connectivity index (χ4v) is 5.34. The standard InChI is InChI=1S/C28H33FN4O2/c29-24-6-3-22(4-7-24)18-33-26-17-21(2-1-20-9-13-30-14-10-20)5-8-25(26)28(31-33)23-11-15-32(16-12-23)19-27(34)35/h1-8,17,20,23,30H,9-16,18-19H2,(H,34,35)/b2-1+. The number of carboxylic acid groups (broad SMARTS) is 1. The number of piperidine rings is 2. The molecule has 2 fully saturated rings.